The number of hydrogen-bond donors (Lipinski definition) is 0. The predicted octanol–water partition coefficient (Wildman–Crippen LogP) is 4.69. The first-order chi connectivity index (χ1) is 15.0. The number of hydrogen-bond acceptors (Lipinski definition) is 3. The van der Waals surface area contributed by atoms with Crippen molar-refractivity contribution in [3.05, 3.63) is 108 Å². The molecule has 0 saturated carbocycles. The smallest absolute Gasteiger partial charge is 0.295 e. The van der Waals surface area contributed by atoms with Crippen LogP contribution in [0.1, 0.15) is 21.5 Å². The SMILES string of the molecule is Cc1ccc(C(=O)C(=O)N(C)Cc2cn(-c3ccccc3)nc2-c2ccccc2)cc1. The molecule has 4 rings (SSSR count). The monoisotopic (exact) mass is 409 g/mol. The van der Waals surface area contributed by atoms with E-state index in [1.165, 1.54) is 4.90 Å². The lowest BCUT2D eigenvalue weighted by Crippen LogP contribution is -2.33. The van der Waals surface area contributed by atoms with Crippen LogP contribution in [0.2, 0.25) is 0 Å². The van der Waals surface area contributed by atoms with Gasteiger partial charge in [-0.05, 0) is 19.1 Å². The third kappa shape index (κ3) is 4.46. The van der Waals surface area contributed by atoms with Crippen molar-refractivity contribution < 1.29 is 9.59 Å². The quantitative estimate of drug-likeness (QED) is 0.343. The topological polar surface area (TPSA) is 55.2 Å². The molecule has 3 aromatic carbocycles. The average molecular weight is 409 g/mol. The molecule has 0 aliphatic rings. The van der Waals surface area contributed by atoms with Gasteiger partial charge in [0.25, 0.3) is 5.91 Å². The largest absolute Gasteiger partial charge is 0.334 e. The molecule has 0 spiro atoms. The molecular formula is C26H23N3O2. The van der Waals surface area contributed by atoms with Gasteiger partial charge in [0, 0.05) is 36.5 Å². The van der Waals surface area contributed by atoms with Crippen LogP contribution in [-0.2, 0) is 11.3 Å². The van der Waals surface area contributed by atoms with Crippen LogP contribution in [0.5, 0.6) is 0 Å². The summed E-state index contributed by atoms with van der Waals surface area (Å²) in [7, 11) is 1.64. The lowest BCUT2D eigenvalue weighted by atomic mass is 10.1. The van der Waals surface area contributed by atoms with E-state index in [4.69, 9.17) is 5.10 Å². The number of amides is 1. The van der Waals surface area contributed by atoms with Gasteiger partial charge >= 0.3 is 0 Å². The highest BCUT2D eigenvalue weighted by atomic mass is 16.2. The van der Waals surface area contributed by atoms with Gasteiger partial charge in [-0.15, -0.1) is 0 Å². The Balaban J connectivity index is 1.63. The maximum absolute atomic E-state index is 12.8. The fourth-order valence-corrected chi connectivity index (χ4v) is 3.41. The Hall–Kier alpha value is -3.99. The molecule has 4 aromatic rings. The van der Waals surface area contributed by atoms with E-state index in [2.05, 4.69) is 0 Å². The molecule has 0 aliphatic carbocycles. The molecule has 1 amide bonds. The molecule has 5 nitrogen and oxygen atoms in total. The zero-order valence-electron chi connectivity index (χ0n) is 17.5. The standard InChI is InChI=1S/C26H23N3O2/c1-19-13-15-21(16-14-19)25(30)26(31)28(2)17-22-18-29(23-11-7-4-8-12-23)27-24(22)20-9-5-3-6-10-20/h3-16,18H,17H2,1-2H3. The summed E-state index contributed by atoms with van der Waals surface area (Å²) in [6.07, 6.45) is 1.91. The van der Waals surface area contributed by atoms with Gasteiger partial charge in [-0.1, -0.05) is 78.4 Å². The van der Waals surface area contributed by atoms with Gasteiger partial charge in [-0.2, -0.15) is 5.10 Å². The number of para-hydroxylation sites is 1. The molecule has 0 radical (unpaired) electrons. The Morgan fingerprint density at radius 1 is 0.871 bits per heavy atom. The van der Waals surface area contributed by atoms with Crippen LogP contribution in [0.15, 0.2) is 91.1 Å². The maximum Gasteiger partial charge on any atom is 0.295 e. The minimum absolute atomic E-state index is 0.271. The van der Waals surface area contributed by atoms with E-state index >= 15 is 0 Å². The first-order valence-corrected chi connectivity index (χ1v) is 10.1. The van der Waals surface area contributed by atoms with Gasteiger partial charge in [-0.3, -0.25) is 9.59 Å². The Labute approximate surface area is 181 Å². The fourth-order valence-electron chi connectivity index (χ4n) is 3.41. The molecule has 1 heterocycles. The first kappa shape index (κ1) is 20.3. The third-order valence-electron chi connectivity index (χ3n) is 5.12. The van der Waals surface area contributed by atoms with Crippen LogP contribution >= 0.6 is 0 Å². The lowest BCUT2D eigenvalue weighted by molar-refractivity contribution is -0.125. The van der Waals surface area contributed by atoms with E-state index in [9.17, 15) is 9.59 Å². The van der Waals surface area contributed by atoms with Gasteiger partial charge in [0.05, 0.1) is 11.4 Å². The number of likely N-dealkylation sites (N-methyl/N-ethyl adjacent to an activating group) is 1. The maximum atomic E-state index is 12.8. The van der Waals surface area contributed by atoms with Crippen molar-refractivity contribution in [2.75, 3.05) is 7.05 Å². The predicted molar refractivity (Wildman–Crippen MR) is 121 cm³/mol. The summed E-state index contributed by atoms with van der Waals surface area (Å²) in [5, 5.41) is 4.77. The van der Waals surface area contributed by atoms with E-state index in [1.807, 2.05) is 85.9 Å². The second kappa shape index (κ2) is 8.79. The molecule has 5 heteroatoms. The summed E-state index contributed by atoms with van der Waals surface area (Å²) in [6.45, 7) is 2.21. The van der Waals surface area contributed by atoms with Crippen molar-refractivity contribution in [2.45, 2.75) is 13.5 Å². The lowest BCUT2D eigenvalue weighted by Gasteiger charge is -2.16. The van der Waals surface area contributed by atoms with E-state index in [0.29, 0.717) is 5.56 Å². The number of carbonyl (C=O) groups is 2. The molecule has 0 aliphatic heterocycles. The second-order valence-corrected chi connectivity index (χ2v) is 7.51. The van der Waals surface area contributed by atoms with Crippen molar-refractivity contribution in [2.24, 2.45) is 0 Å². The van der Waals surface area contributed by atoms with Gasteiger partial charge < -0.3 is 4.90 Å². The fraction of sp³-hybridized carbons (Fsp3) is 0.115. The van der Waals surface area contributed by atoms with Crippen LogP contribution < -0.4 is 0 Å². The van der Waals surface area contributed by atoms with Crippen molar-refractivity contribution in [3.8, 4) is 16.9 Å². The van der Waals surface area contributed by atoms with Crippen molar-refractivity contribution >= 4 is 11.7 Å². The number of aryl methyl sites for hydroxylation is 1. The number of ketones is 1. The molecule has 0 bridgehead atoms. The zero-order chi connectivity index (χ0) is 21.8. The van der Waals surface area contributed by atoms with E-state index < -0.39 is 11.7 Å². The summed E-state index contributed by atoms with van der Waals surface area (Å²) < 4.78 is 1.80. The molecule has 0 unspecified atom stereocenters. The summed E-state index contributed by atoms with van der Waals surface area (Å²) in [5.41, 5.74) is 4.96. The Kier molecular flexibility index (Phi) is 5.76. The number of aromatic nitrogens is 2. The Morgan fingerprint density at radius 3 is 2.13 bits per heavy atom. The van der Waals surface area contributed by atoms with Crippen LogP contribution in [0.3, 0.4) is 0 Å². The molecule has 0 N–H and O–H groups in total. The van der Waals surface area contributed by atoms with E-state index in [0.717, 1.165) is 28.1 Å². The van der Waals surface area contributed by atoms with Crippen LogP contribution in [0.25, 0.3) is 16.9 Å². The van der Waals surface area contributed by atoms with Gasteiger partial charge in [0.1, 0.15) is 0 Å². The normalized spacial score (nSPS) is 10.6. The average Bonchev–Trinajstić information content (AvgIpc) is 3.23. The Bertz CT molecular complexity index is 1200. The molecule has 31 heavy (non-hydrogen) atoms. The van der Waals surface area contributed by atoms with Gasteiger partial charge in [0.2, 0.25) is 5.78 Å². The molecule has 0 atom stereocenters. The number of benzene rings is 3. The highest BCUT2D eigenvalue weighted by molar-refractivity contribution is 6.42. The van der Waals surface area contributed by atoms with Crippen molar-refractivity contribution in [3.63, 3.8) is 0 Å². The van der Waals surface area contributed by atoms with Crippen molar-refractivity contribution in [1.29, 1.82) is 0 Å². The highest BCUT2D eigenvalue weighted by Crippen LogP contribution is 2.25. The first-order valence-electron chi connectivity index (χ1n) is 10.1. The third-order valence-corrected chi connectivity index (χ3v) is 5.12. The van der Waals surface area contributed by atoms with E-state index in [1.54, 1.807) is 23.9 Å². The number of rotatable bonds is 6. The number of Topliss-reactive ketones (excluding diaryl/α,β-unsaturated/α-hetero) is 1. The summed E-state index contributed by atoms with van der Waals surface area (Å²) >= 11 is 0. The Morgan fingerprint density at radius 2 is 1.48 bits per heavy atom. The molecule has 0 saturated heterocycles. The van der Waals surface area contributed by atoms with Crippen LogP contribution in [-0.4, -0.2) is 33.4 Å². The molecule has 1 aromatic heterocycles. The van der Waals surface area contributed by atoms with Gasteiger partial charge in [-0.25, -0.2) is 4.68 Å². The summed E-state index contributed by atoms with van der Waals surface area (Å²) in [6, 6.07) is 26.7. The van der Waals surface area contributed by atoms with Gasteiger partial charge in [0.15, 0.2) is 0 Å². The summed E-state index contributed by atoms with van der Waals surface area (Å²) in [4.78, 5) is 26.9. The molecule has 154 valence electrons. The second-order valence-electron chi connectivity index (χ2n) is 7.51. The number of nitrogens with zero attached hydrogens (tertiary/aromatic N) is 3. The molecule has 0 fully saturated rings. The van der Waals surface area contributed by atoms with E-state index in [-0.39, 0.29) is 6.54 Å². The number of carbonyl (C=O) groups excluding carboxylic acids is 2. The minimum atomic E-state index is -0.546. The van der Waals surface area contributed by atoms with Crippen LogP contribution in [0, 0.1) is 6.92 Å². The van der Waals surface area contributed by atoms with Crippen molar-refractivity contribution in [1.82, 2.24) is 14.7 Å². The molecular weight excluding hydrogens is 386 g/mol. The zero-order valence-corrected chi connectivity index (χ0v) is 17.5. The minimum Gasteiger partial charge on any atom is -0.334 e. The summed E-state index contributed by atoms with van der Waals surface area (Å²) in [5.74, 6) is -1.06. The van der Waals surface area contributed by atoms with Crippen LogP contribution in [0.4, 0.5) is 0 Å². The highest BCUT2D eigenvalue weighted by Gasteiger charge is 2.22.